The summed E-state index contributed by atoms with van der Waals surface area (Å²) >= 11 is 0. The van der Waals surface area contributed by atoms with E-state index in [0.717, 1.165) is 6.42 Å². The molecular weight excluding hydrogens is 260 g/mol. The molecule has 6 heteroatoms. The lowest BCUT2D eigenvalue weighted by atomic mass is 10.0. The number of hydrogen-bond donors (Lipinski definition) is 1. The molecule has 1 aliphatic heterocycles. The van der Waals surface area contributed by atoms with E-state index in [-0.39, 0.29) is 24.3 Å². The zero-order chi connectivity index (χ0) is 15.3. The first-order chi connectivity index (χ1) is 9.38. The van der Waals surface area contributed by atoms with Gasteiger partial charge in [-0.05, 0) is 26.2 Å². The van der Waals surface area contributed by atoms with Gasteiger partial charge >= 0.3 is 5.97 Å². The Labute approximate surface area is 119 Å². The molecule has 1 heterocycles. The van der Waals surface area contributed by atoms with Crippen molar-refractivity contribution in [2.45, 2.75) is 52.6 Å². The maximum Gasteiger partial charge on any atom is 0.328 e. The minimum Gasteiger partial charge on any atom is -0.464 e. The van der Waals surface area contributed by atoms with Crippen LogP contribution in [0.2, 0.25) is 0 Å². The molecular formula is C14H24N2O4. The average molecular weight is 284 g/mol. The molecule has 1 aliphatic rings. The Bertz CT molecular complexity index is 381. The van der Waals surface area contributed by atoms with Gasteiger partial charge in [0, 0.05) is 13.0 Å². The zero-order valence-corrected chi connectivity index (χ0v) is 12.6. The molecule has 2 atom stereocenters. The van der Waals surface area contributed by atoms with E-state index in [1.807, 2.05) is 13.8 Å². The van der Waals surface area contributed by atoms with Gasteiger partial charge in [-0.1, -0.05) is 13.8 Å². The third-order valence-electron chi connectivity index (χ3n) is 3.34. The van der Waals surface area contributed by atoms with Crippen LogP contribution in [0.15, 0.2) is 0 Å². The van der Waals surface area contributed by atoms with Crippen molar-refractivity contribution < 1.29 is 19.1 Å². The molecule has 6 nitrogen and oxygen atoms in total. The lowest BCUT2D eigenvalue weighted by Gasteiger charge is -2.30. The van der Waals surface area contributed by atoms with Crippen LogP contribution in [-0.4, -0.2) is 47.9 Å². The number of ether oxygens (including phenoxy) is 1. The summed E-state index contributed by atoms with van der Waals surface area (Å²) in [5.74, 6) is -0.763. The third-order valence-corrected chi connectivity index (χ3v) is 3.34. The van der Waals surface area contributed by atoms with Crippen molar-refractivity contribution in [2.75, 3.05) is 13.2 Å². The van der Waals surface area contributed by atoms with Gasteiger partial charge in [0.25, 0.3) is 0 Å². The SMILES string of the molecule is CCOC(=O)[C@@H](C)NC(=O)[C@@H](C(C)C)N1CCCC1=O. The van der Waals surface area contributed by atoms with E-state index >= 15 is 0 Å². The van der Waals surface area contributed by atoms with Gasteiger partial charge in [0.05, 0.1) is 6.61 Å². The maximum absolute atomic E-state index is 12.3. The standard InChI is InChI=1S/C14H24N2O4/c1-5-20-14(19)10(4)15-13(18)12(9(2)3)16-8-6-7-11(16)17/h9-10,12H,5-8H2,1-4H3,(H,15,18)/t10-,12-/m1/s1. The molecule has 2 amide bonds. The largest absolute Gasteiger partial charge is 0.464 e. The topological polar surface area (TPSA) is 75.7 Å². The van der Waals surface area contributed by atoms with Gasteiger partial charge in [-0.25, -0.2) is 4.79 Å². The van der Waals surface area contributed by atoms with Gasteiger partial charge in [0.2, 0.25) is 11.8 Å². The molecule has 1 rings (SSSR count). The molecule has 0 aromatic rings. The van der Waals surface area contributed by atoms with Gasteiger partial charge in [-0.3, -0.25) is 9.59 Å². The van der Waals surface area contributed by atoms with Crippen LogP contribution >= 0.6 is 0 Å². The fourth-order valence-electron chi connectivity index (χ4n) is 2.39. The van der Waals surface area contributed by atoms with E-state index in [2.05, 4.69) is 5.32 Å². The zero-order valence-electron chi connectivity index (χ0n) is 12.6. The average Bonchev–Trinajstić information content (AvgIpc) is 2.75. The van der Waals surface area contributed by atoms with Crippen molar-refractivity contribution in [3.8, 4) is 0 Å². The fourth-order valence-corrected chi connectivity index (χ4v) is 2.39. The van der Waals surface area contributed by atoms with Crippen molar-refractivity contribution in [3.63, 3.8) is 0 Å². The van der Waals surface area contributed by atoms with Crippen LogP contribution in [0.5, 0.6) is 0 Å². The Morgan fingerprint density at radius 2 is 2.00 bits per heavy atom. The number of esters is 1. The molecule has 0 bridgehead atoms. The first-order valence-electron chi connectivity index (χ1n) is 7.15. The highest BCUT2D eigenvalue weighted by Gasteiger charge is 2.35. The van der Waals surface area contributed by atoms with Crippen LogP contribution in [0, 0.1) is 5.92 Å². The molecule has 0 aromatic heterocycles. The van der Waals surface area contributed by atoms with Gasteiger partial charge < -0.3 is 15.0 Å². The van der Waals surface area contributed by atoms with Gasteiger partial charge in [-0.2, -0.15) is 0 Å². The van der Waals surface area contributed by atoms with Crippen LogP contribution in [0.3, 0.4) is 0 Å². The number of rotatable bonds is 6. The van der Waals surface area contributed by atoms with Crippen molar-refractivity contribution in [1.82, 2.24) is 10.2 Å². The number of nitrogens with one attached hydrogen (secondary N) is 1. The van der Waals surface area contributed by atoms with Gasteiger partial charge in [0.15, 0.2) is 0 Å². The van der Waals surface area contributed by atoms with Crippen LogP contribution < -0.4 is 5.32 Å². The Balaban J connectivity index is 2.70. The third kappa shape index (κ3) is 3.95. The van der Waals surface area contributed by atoms with Gasteiger partial charge in [-0.15, -0.1) is 0 Å². The molecule has 1 saturated heterocycles. The van der Waals surface area contributed by atoms with Gasteiger partial charge in [0.1, 0.15) is 12.1 Å². The number of likely N-dealkylation sites (tertiary alicyclic amines) is 1. The van der Waals surface area contributed by atoms with Crippen LogP contribution in [-0.2, 0) is 19.1 Å². The summed E-state index contributed by atoms with van der Waals surface area (Å²) in [7, 11) is 0. The van der Waals surface area contributed by atoms with E-state index < -0.39 is 18.1 Å². The monoisotopic (exact) mass is 284 g/mol. The molecule has 0 saturated carbocycles. The highest BCUT2D eigenvalue weighted by molar-refractivity contribution is 5.91. The Morgan fingerprint density at radius 1 is 1.35 bits per heavy atom. The van der Waals surface area contributed by atoms with E-state index in [1.165, 1.54) is 0 Å². The van der Waals surface area contributed by atoms with E-state index in [9.17, 15) is 14.4 Å². The molecule has 0 aromatic carbocycles. The second-order valence-electron chi connectivity index (χ2n) is 5.36. The fraction of sp³-hybridized carbons (Fsp3) is 0.786. The predicted molar refractivity (Wildman–Crippen MR) is 73.8 cm³/mol. The number of hydrogen-bond acceptors (Lipinski definition) is 4. The Kier molecular flexibility index (Phi) is 5.98. The van der Waals surface area contributed by atoms with Crippen molar-refractivity contribution in [2.24, 2.45) is 5.92 Å². The molecule has 0 spiro atoms. The summed E-state index contributed by atoms with van der Waals surface area (Å²) < 4.78 is 4.86. The molecule has 1 fully saturated rings. The highest BCUT2D eigenvalue weighted by atomic mass is 16.5. The number of carbonyl (C=O) groups is 3. The minimum absolute atomic E-state index is 0.00244. The maximum atomic E-state index is 12.3. The molecule has 114 valence electrons. The summed E-state index contributed by atoms with van der Waals surface area (Å²) in [6.07, 6.45) is 1.27. The second-order valence-corrected chi connectivity index (χ2v) is 5.36. The van der Waals surface area contributed by atoms with Crippen molar-refractivity contribution >= 4 is 17.8 Å². The molecule has 20 heavy (non-hydrogen) atoms. The molecule has 0 unspecified atom stereocenters. The smallest absolute Gasteiger partial charge is 0.328 e. The number of carbonyl (C=O) groups excluding carboxylic acids is 3. The number of nitrogens with zero attached hydrogens (tertiary/aromatic N) is 1. The first-order valence-corrected chi connectivity index (χ1v) is 7.15. The molecule has 0 radical (unpaired) electrons. The molecule has 0 aliphatic carbocycles. The summed E-state index contributed by atoms with van der Waals surface area (Å²) in [5, 5.41) is 2.64. The van der Waals surface area contributed by atoms with Crippen molar-refractivity contribution in [3.05, 3.63) is 0 Å². The Morgan fingerprint density at radius 3 is 2.45 bits per heavy atom. The molecule has 1 N–H and O–H groups in total. The van der Waals surface area contributed by atoms with Crippen molar-refractivity contribution in [1.29, 1.82) is 0 Å². The first kappa shape index (κ1) is 16.5. The summed E-state index contributed by atoms with van der Waals surface area (Å²) in [6.45, 7) is 7.96. The lowest BCUT2D eigenvalue weighted by molar-refractivity contribution is -0.148. The van der Waals surface area contributed by atoms with Crippen LogP contribution in [0.25, 0.3) is 0 Å². The predicted octanol–water partition coefficient (Wildman–Crippen LogP) is 0.701. The second kappa shape index (κ2) is 7.26. The van der Waals surface area contributed by atoms with E-state index in [4.69, 9.17) is 4.74 Å². The summed E-state index contributed by atoms with van der Waals surface area (Å²) in [6, 6.07) is -1.23. The Hall–Kier alpha value is -1.59. The quantitative estimate of drug-likeness (QED) is 0.729. The van der Waals surface area contributed by atoms with E-state index in [1.54, 1.807) is 18.7 Å². The van der Waals surface area contributed by atoms with E-state index in [0.29, 0.717) is 13.0 Å². The van der Waals surface area contributed by atoms with Crippen LogP contribution in [0.4, 0.5) is 0 Å². The number of amides is 2. The summed E-state index contributed by atoms with van der Waals surface area (Å²) in [4.78, 5) is 37.3. The van der Waals surface area contributed by atoms with Crippen LogP contribution in [0.1, 0.15) is 40.5 Å². The minimum atomic E-state index is -0.707. The normalized spacial score (nSPS) is 18.1. The highest BCUT2D eigenvalue weighted by Crippen LogP contribution is 2.19. The summed E-state index contributed by atoms with van der Waals surface area (Å²) in [5.41, 5.74) is 0. The lowest BCUT2D eigenvalue weighted by Crippen LogP contribution is -2.53.